The third-order valence-electron chi connectivity index (χ3n) is 4.32. The molecule has 122 valence electrons. The summed E-state index contributed by atoms with van der Waals surface area (Å²) in [5.74, 6) is 0.804. The van der Waals surface area contributed by atoms with Crippen LogP contribution in [0.4, 0.5) is 5.69 Å². The predicted molar refractivity (Wildman–Crippen MR) is 95.7 cm³/mol. The minimum atomic E-state index is 0.112. The molecule has 1 saturated heterocycles. The molecule has 0 atom stereocenters. The molecule has 2 heterocycles. The fourth-order valence-corrected chi connectivity index (χ4v) is 3.57. The number of aryl methyl sites for hydroxylation is 1. The van der Waals surface area contributed by atoms with Crippen LogP contribution in [0.25, 0.3) is 11.3 Å². The molecule has 1 aromatic heterocycles. The first-order valence-corrected chi connectivity index (χ1v) is 9.12. The van der Waals surface area contributed by atoms with E-state index in [1.165, 1.54) is 12.8 Å². The van der Waals surface area contributed by atoms with Crippen molar-refractivity contribution < 1.29 is 4.79 Å². The average Bonchev–Trinajstić information content (AvgIpc) is 3.01. The molecule has 2 N–H and O–H groups in total. The van der Waals surface area contributed by atoms with E-state index in [1.54, 1.807) is 11.3 Å². The van der Waals surface area contributed by atoms with Gasteiger partial charge in [-0.15, -0.1) is 11.3 Å². The number of amides is 1. The van der Waals surface area contributed by atoms with Gasteiger partial charge in [-0.2, -0.15) is 0 Å². The maximum absolute atomic E-state index is 12.1. The molecule has 0 spiro atoms. The van der Waals surface area contributed by atoms with Crippen molar-refractivity contribution in [2.75, 3.05) is 18.4 Å². The Morgan fingerprint density at radius 2 is 2.04 bits per heavy atom. The van der Waals surface area contributed by atoms with Gasteiger partial charge in [-0.3, -0.25) is 4.79 Å². The van der Waals surface area contributed by atoms with Gasteiger partial charge in [0.2, 0.25) is 5.91 Å². The molecule has 0 radical (unpaired) electrons. The predicted octanol–water partition coefficient (Wildman–Crippen LogP) is 3.84. The van der Waals surface area contributed by atoms with Crippen LogP contribution >= 0.6 is 11.3 Å². The lowest BCUT2D eigenvalue weighted by molar-refractivity contribution is -0.116. The number of hydrogen-bond donors (Lipinski definition) is 2. The number of rotatable bonds is 5. The summed E-state index contributed by atoms with van der Waals surface area (Å²) in [6.07, 6.45) is 3.98. The Bertz CT molecular complexity index is 645. The maximum Gasteiger partial charge on any atom is 0.224 e. The van der Waals surface area contributed by atoms with Crippen LogP contribution in [0.3, 0.4) is 0 Å². The summed E-state index contributed by atoms with van der Waals surface area (Å²) >= 11 is 1.65. The Balaban J connectivity index is 1.50. The molecule has 23 heavy (non-hydrogen) atoms. The smallest absolute Gasteiger partial charge is 0.224 e. The molecule has 0 aliphatic carbocycles. The third kappa shape index (κ3) is 4.62. The van der Waals surface area contributed by atoms with Gasteiger partial charge in [0.05, 0.1) is 10.7 Å². The van der Waals surface area contributed by atoms with Crippen LogP contribution in [-0.4, -0.2) is 24.0 Å². The van der Waals surface area contributed by atoms with Crippen molar-refractivity contribution in [2.24, 2.45) is 5.92 Å². The van der Waals surface area contributed by atoms with Crippen molar-refractivity contribution in [2.45, 2.75) is 32.6 Å². The van der Waals surface area contributed by atoms with E-state index in [-0.39, 0.29) is 5.91 Å². The fourth-order valence-electron chi connectivity index (χ4n) is 2.95. The Labute approximate surface area is 141 Å². The quantitative estimate of drug-likeness (QED) is 0.876. The molecule has 1 amide bonds. The number of benzene rings is 1. The zero-order valence-corrected chi connectivity index (χ0v) is 14.3. The fraction of sp³-hybridized carbons (Fsp3) is 0.444. The molecular weight excluding hydrogens is 306 g/mol. The highest BCUT2D eigenvalue weighted by molar-refractivity contribution is 7.09. The number of carbonyl (C=O) groups is 1. The first-order valence-electron chi connectivity index (χ1n) is 8.24. The molecule has 2 aromatic rings. The van der Waals surface area contributed by atoms with Gasteiger partial charge in [0.25, 0.3) is 0 Å². The zero-order chi connectivity index (χ0) is 16.1. The van der Waals surface area contributed by atoms with Crippen LogP contribution < -0.4 is 10.6 Å². The molecular formula is C18H23N3OS. The van der Waals surface area contributed by atoms with Gasteiger partial charge in [0.1, 0.15) is 0 Å². The molecule has 4 nitrogen and oxygen atoms in total. The number of nitrogens with zero attached hydrogens (tertiary/aromatic N) is 1. The van der Waals surface area contributed by atoms with Crippen LogP contribution in [0.15, 0.2) is 29.6 Å². The minimum absolute atomic E-state index is 0.112. The number of aromatic nitrogens is 1. The first kappa shape index (κ1) is 16.1. The van der Waals surface area contributed by atoms with E-state index in [4.69, 9.17) is 0 Å². The second-order valence-corrected chi connectivity index (χ2v) is 7.17. The van der Waals surface area contributed by atoms with Crippen LogP contribution in [0.1, 0.15) is 30.7 Å². The SMILES string of the molecule is Cc1nc(-c2ccc(NC(=O)CCC3CCNCC3)cc2)cs1. The van der Waals surface area contributed by atoms with Crippen molar-refractivity contribution in [1.29, 1.82) is 0 Å². The Morgan fingerprint density at radius 3 is 2.70 bits per heavy atom. The highest BCUT2D eigenvalue weighted by Crippen LogP contribution is 2.23. The lowest BCUT2D eigenvalue weighted by Crippen LogP contribution is -2.28. The van der Waals surface area contributed by atoms with E-state index in [1.807, 2.05) is 31.2 Å². The topological polar surface area (TPSA) is 54.0 Å². The Morgan fingerprint density at radius 1 is 1.30 bits per heavy atom. The minimum Gasteiger partial charge on any atom is -0.326 e. The van der Waals surface area contributed by atoms with Gasteiger partial charge < -0.3 is 10.6 Å². The first-order chi connectivity index (χ1) is 11.2. The van der Waals surface area contributed by atoms with Crippen molar-refractivity contribution in [3.05, 3.63) is 34.7 Å². The molecule has 1 aromatic carbocycles. The number of nitrogens with one attached hydrogen (secondary N) is 2. The highest BCUT2D eigenvalue weighted by Gasteiger charge is 2.14. The van der Waals surface area contributed by atoms with E-state index in [9.17, 15) is 4.79 Å². The number of piperidine rings is 1. The molecule has 3 rings (SSSR count). The van der Waals surface area contributed by atoms with E-state index >= 15 is 0 Å². The van der Waals surface area contributed by atoms with Gasteiger partial charge in [-0.05, 0) is 57.3 Å². The maximum atomic E-state index is 12.1. The molecule has 0 unspecified atom stereocenters. The lowest BCUT2D eigenvalue weighted by atomic mass is 9.93. The molecule has 5 heteroatoms. The number of carbonyl (C=O) groups excluding carboxylic acids is 1. The average molecular weight is 329 g/mol. The van der Waals surface area contributed by atoms with Crippen LogP contribution in [0, 0.1) is 12.8 Å². The van der Waals surface area contributed by atoms with E-state index in [0.717, 1.165) is 41.5 Å². The van der Waals surface area contributed by atoms with E-state index in [2.05, 4.69) is 21.0 Å². The summed E-state index contributed by atoms with van der Waals surface area (Å²) in [6, 6.07) is 7.92. The van der Waals surface area contributed by atoms with Gasteiger partial charge in [-0.1, -0.05) is 12.1 Å². The largest absolute Gasteiger partial charge is 0.326 e. The summed E-state index contributed by atoms with van der Waals surface area (Å²) in [5.41, 5.74) is 2.94. The Kier molecular flexibility index (Phi) is 5.41. The standard InChI is InChI=1S/C18H23N3OS/c1-13-20-17(12-23-13)15-3-5-16(6-4-15)21-18(22)7-2-14-8-10-19-11-9-14/h3-6,12,14,19H,2,7-11H2,1H3,(H,21,22). The second-order valence-electron chi connectivity index (χ2n) is 6.11. The van der Waals surface area contributed by atoms with Crippen molar-refractivity contribution >= 4 is 22.9 Å². The van der Waals surface area contributed by atoms with Crippen molar-refractivity contribution in [1.82, 2.24) is 10.3 Å². The summed E-state index contributed by atoms with van der Waals surface area (Å²) in [7, 11) is 0. The monoisotopic (exact) mass is 329 g/mol. The van der Waals surface area contributed by atoms with E-state index < -0.39 is 0 Å². The normalized spacial score (nSPS) is 15.5. The van der Waals surface area contributed by atoms with Crippen LogP contribution in [0.5, 0.6) is 0 Å². The van der Waals surface area contributed by atoms with Crippen LogP contribution in [0.2, 0.25) is 0 Å². The second kappa shape index (κ2) is 7.70. The number of thiazole rings is 1. The van der Waals surface area contributed by atoms with Gasteiger partial charge >= 0.3 is 0 Å². The summed E-state index contributed by atoms with van der Waals surface area (Å²) in [4.78, 5) is 16.6. The third-order valence-corrected chi connectivity index (χ3v) is 5.10. The van der Waals surface area contributed by atoms with Gasteiger partial charge in [0.15, 0.2) is 0 Å². The highest BCUT2D eigenvalue weighted by atomic mass is 32.1. The van der Waals surface area contributed by atoms with Crippen molar-refractivity contribution in [3.8, 4) is 11.3 Å². The van der Waals surface area contributed by atoms with Gasteiger partial charge in [-0.25, -0.2) is 4.98 Å². The molecule has 0 saturated carbocycles. The van der Waals surface area contributed by atoms with Crippen LogP contribution in [-0.2, 0) is 4.79 Å². The van der Waals surface area contributed by atoms with E-state index in [0.29, 0.717) is 12.3 Å². The van der Waals surface area contributed by atoms with Gasteiger partial charge in [0, 0.05) is 23.1 Å². The Hall–Kier alpha value is -1.72. The zero-order valence-electron chi connectivity index (χ0n) is 13.5. The van der Waals surface area contributed by atoms with Crippen molar-refractivity contribution in [3.63, 3.8) is 0 Å². The molecule has 1 aliphatic rings. The number of anilines is 1. The summed E-state index contributed by atoms with van der Waals surface area (Å²) in [5, 5.41) is 9.47. The molecule has 0 bridgehead atoms. The summed E-state index contributed by atoms with van der Waals surface area (Å²) < 4.78 is 0. The number of hydrogen-bond acceptors (Lipinski definition) is 4. The molecule has 1 fully saturated rings. The lowest BCUT2D eigenvalue weighted by Gasteiger charge is -2.22. The molecule has 1 aliphatic heterocycles. The summed E-state index contributed by atoms with van der Waals surface area (Å²) in [6.45, 7) is 4.18.